The van der Waals surface area contributed by atoms with Crippen molar-refractivity contribution >= 4 is 12.0 Å². The summed E-state index contributed by atoms with van der Waals surface area (Å²) in [7, 11) is 3.18. The molecule has 41 heavy (non-hydrogen) atoms. The Balaban J connectivity index is 0.000000218. The average Bonchev–Trinajstić information content (AvgIpc) is 2.97. The Labute approximate surface area is 233 Å². The number of hydrogen-bond donors (Lipinski definition) is 2. The van der Waals surface area contributed by atoms with Crippen molar-refractivity contribution in [3.8, 4) is 45.6 Å². The Hall–Kier alpha value is -5.12. The number of phenols is 1. The number of rotatable bonds is 6. The van der Waals surface area contributed by atoms with Gasteiger partial charge in [-0.25, -0.2) is 4.79 Å². The van der Waals surface area contributed by atoms with E-state index in [0.29, 0.717) is 17.2 Å². The molecule has 1 atom stereocenters. The lowest BCUT2D eigenvalue weighted by molar-refractivity contribution is -0.187. The first-order chi connectivity index (χ1) is 19.6. The largest absolute Gasteiger partial charge is 0.508 e. The van der Waals surface area contributed by atoms with Crippen molar-refractivity contribution in [2.75, 3.05) is 14.2 Å². The standard InChI is InChI=1S/C18H13F3O5.C13H12O2/c1-24-11-2-4-12(5-3-11)25-13-6-7-15-10(8-13)9-14(17(22)23)16(26-15)18(19,20)21;1-15-13-8-4-11(5-9-13)10-2-6-12(14)7-3-10/h2-9,16H,1H3,(H,22,23);2-9,14H,1H3. The van der Waals surface area contributed by atoms with Gasteiger partial charge in [0.2, 0.25) is 6.10 Å². The van der Waals surface area contributed by atoms with Crippen LogP contribution in [0.4, 0.5) is 13.2 Å². The zero-order chi connectivity index (χ0) is 29.6. The van der Waals surface area contributed by atoms with Gasteiger partial charge in [-0.05, 0) is 83.9 Å². The van der Waals surface area contributed by atoms with E-state index in [0.717, 1.165) is 23.0 Å². The second-order valence-corrected chi connectivity index (χ2v) is 8.70. The number of benzene rings is 4. The number of aliphatic carboxylic acids is 1. The number of phenolic OH excluding ortho intramolecular Hbond substituents is 1. The van der Waals surface area contributed by atoms with E-state index in [1.54, 1.807) is 43.5 Å². The molecule has 7 nitrogen and oxygen atoms in total. The number of ether oxygens (including phenoxy) is 4. The molecule has 4 aromatic carbocycles. The van der Waals surface area contributed by atoms with Crippen LogP contribution in [0.3, 0.4) is 0 Å². The Morgan fingerprint density at radius 2 is 1.24 bits per heavy atom. The van der Waals surface area contributed by atoms with Crippen LogP contribution in [-0.2, 0) is 4.79 Å². The van der Waals surface area contributed by atoms with Gasteiger partial charge in [0.1, 0.15) is 34.5 Å². The number of aromatic hydroxyl groups is 1. The third-order valence-electron chi connectivity index (χ3n) is 5.95. The normalized spacial score (nSPS) is 13.9. The number of carbonyl (C=O) groups is 1. The number of halogens is 3. The molecule has 2 N–H and O–H groups in total. The SMILES string of the molecule is COc1ccc(-c2ccc(O)cc2)cc1.COc1ccc(Oc2ccc3c(c2)C=C(C(=O)O)C(C(F)(F)F)O3)cc1. The highest BCUT2D eigenvalue weighted by Crippen LogP contribution is 2.39. The van der Waals surface area contributed by atoms with Gasteiger partial charge in [-0.3, -0.25) is 0 Å². The zero-order valence-electron chi connectivity index (χ0n) is 21.9. The Bertz CT molecular complexity index is 1510. The van der Waals surface area contributed by atoms with Crippen LogP contribution in [0.1, 0.15) is 5.56 Å². The first-order valence-electron chi connectivity index (χ1n) is 12.1. The van der Waals surface area contributed by atoms with Crippen LogP contribution >= 0.6 is 0 Å². The van der Waals surface area contributed by atoms with Crippen molar-refractivity contribution in [1.82, 2.24) is 0 Å². The number of methoxy groups -OCH3 is 2. The summed E-state index contributed by atoms with van der Waals surface area (Å²) in [6.45, 7) is 0. The van der Waals surface area contributed by atoms with E-state index in [1.165, 1.54) is 25.3 Å². The molecule has 1 unspecified atom stereocenters. The summed E-state index contributed by atoms with van der Waals surface area (Å²) in [4.78, 5) is 11.2. The highest BCUT2D eigenvalue weighted by molar-refractivity contribution is 5.95. The second kappa shape index (κ2) is 12.4. The third kappa shape index (κ3) is 7.30. The minimum absolute atomic E-state index is 0.0700. The number of hydrogen-bond acceptors (Lipinski definition) is 6. The second-order valence-electron chi connectivity index (χ2n) is 8.70. The summed E-state index contributed by atoms with van der Waals surface area (Å²) < 4.78 is 59.6. The number of alkyl halides is 3. The lowest BCUT2D eigenvalue weighted by Gasteiger charge is -2.27. The molecule has 1 aliphatic rings. The fourth-order valence-corrected chi connectivity index (χ4v) is 3.88. The lowest BCUT2D eigenvalue weighted by atomic mass is 10.0. The fraction of sp³-hybridized carbons (Fsp3) is 0.129. The van der Waals surface area contributed by atoms with Gasteiger partial charge in [0.05, 0.1) is 19.8 Å². The van der Waals surface area contributed by atoms with E-state index in [4.69, 9.17) is 29.2 Å². The maximum absolute atomic E-state index is 13.0. The quantitative estimate of drug-likeness (QED) is 0.252. The van der Waals surface area contributed by atoms with Crippen LogP contribution in [0.25, 0.3) is 17.2 Å². The van der Waals surface area contributed by atoms with E-state index < -0.39 is 23.8 Å². The van der Waals surface area contributed by atoms with E-state index in [9.17, 15) is 18.0 Å². The van der Waals surface area contributed by atoms with Gasteiger partial charge < -0.3 is 29.2 Å². The predicted octanol–water partition coefficient (Wildman–Crippen LogP) is 7.35. The predicted molar refractivity (Wildman–Crippen MR) is 146 cm³/mol. The van der Waals surface area contributed by atoms with Crippen molar-refractivity contribution in [2.24, 2.45) is 0 Å². The summed E-state index contributed by atoms with van der Waals surface area (Å²) in [5, 5.41) is 18.2. The molecule has 0 fully saturated rings. The monoisotopic (exact) mass is 566 g/mol. The molecular formula is C31H25F3O7. The maximum atomic E-state index is 13.0. The number of carboxylic acids is 1. The lowest BCUT2D eigenvalue weighted by Crippen LogP contribution is -2.40. The van der Waals surface area contributed by atoms with Gasteiger partial charge >= 0.3 is 12.1 Å². The fourth-order valence-electron chi connectivity index (χ4n) is 3.88. The van der Waals surface area contributed by atoms with Gasteiger partial charge in [0.15, 0.2) is 0 Å². The van der Waals surface area contributed by atoms with Crippen LogP contribution in [0.2, 0.25) is 0 Å². The van der Waals surface area contributed by atoms with Gasteiger partial charge in [-0.1, -0.05) is 24.3 Å². The minimum atomic E-state index is -4.83. The van der Waals surface area contributed by atoms with Crippen molar-refractivity contribution in [3.05, 3.63) is 102 Å². The molecule has 0 amide bonds. The van der Waals surface area contributed by atoms with Crippen molar-refractivity contribution in [1.29, 1.82) is 0 Å². The summed E-state index contributed by atoms with van der Waals surface area (Å²) in [6.07, 6.45) is -6.40. The van der Waals surface area contributed by atoms with Crippen LogP contribution < -0.4 is 18.9 Å². The van der Waals surface area contributed by atoms with Crippen molar-refractivity contribution < 1.29 is 47.1 Å². The molecule has 5 rings (SSSR count). The molecule has 0 saturated carbocycles. The Morgan fingerprint density at radius 1 is 0.756 bits per heavy atom. The summed E-state index contributed by atoms with van der Waals surface area (Å²) >= 11 is 0. The van der Waals surface area contributed by atoms with Crippen LogP contribution in [0.15, 0.2) is 96.6 Å². The van der Waals surface area contributed by atoms with Gasteiger partial charge in [0.25, 0.3) is 0 Å². The molecule has 0 saturated heterocycles. The minimum Gasteiger partial charge on any atom is -0.508 e. The highest BCUT2D eigenvalue weighted by atomic mass is 19.4. The van der Waals surface area contributed by atoms with E-state index in [1.807, 2.05) is 36.4 Å². The highest BCUT2D eigenvalue weighted by Gasteiger charge is 2.48. The molecule has 0 radical (unpaired) electrons. The molecule has 212 valence electrons. The van der Waals surface area contributed by atoms with E-state index in [2.05, 4.69) is 0 Å². The first-order valence-corrected chi connectivity index (χ1v) is 12.1. The van der Waals surface area contributed by atoms with Crippen molar-refractivity contribution in [2.45, 2.75) is 12.3 Å². The number of fused-ring (bicyclic) bond motifs is 1. The Kier molecular flexibility index (Phi) is 8.72. The molecule has 10 heteroatoms. The van der Waals surface area contributed by atoms with Crippen LogP contribution in [0, 0.1) is 0 Å². The topological polar surface area (TPSA) is 94.5 Å². The zero-order valence-corrected chi connectivity index (χ0v) is 21.9. The molecule has 0 bridgehead atoms. The maximum Gasteiger partial charge on any atom is 0.430 e. The molecule has 0 spiro atoms. The van der Waals surface area contributed by atoms with E-state index in [-0.39, 0.29) is 17.1 Å². The van der Waals surface area contributed by atoms with Crippen LogP contribution in [0.5, 0.6) is 34.5 Å². The molecule has 4 aromatic rings. The first kappa shape index (κ1) is 28.9. The molecule has 0 aromatic heterocycles. The molecule has 1 aliphatic heterocycles. The number of carboxylic acid groups (broad SMARTS) is 1. The summed E-state index contributed by atoms with van der Waals surface area (Å²) in [5.41, 5.74) is 1.49. The van der Waals surface area contributed by atoms with E-state index >= 15 is 0 Å². The Morgan fingerprint density at radius 3 is 1.76 bits per heavy atom. The molecular weight excluding hydrogens is 541 g/mol. The smallest absolute Gasteiger partial charge is 0.430 e. The van der Waals surface area contributed by atoms with Crippen LogP contribution in [-0.4, -0.2) is 42.7 Å². The van der Waals surface area contributed by atoms with Crippen molar-refractivity contribution in [3.63, 3.8) is 0 Å². The molecule has 1 heterocycles. The third-order valence-corrected chi connectivity index (χ3v) is 5.95. The molecule has 0 aliphatic carbocycles. The summed E-state index contributed by atoms with van der Waals surface area (Å²) in [6, 6.07) is 25.8. The van der Waals surface area contributed by atoms with Gasteiger partial charge in [-0.2, -0.15) is 13.2 Å². The van der Waals surface area contributed by atoms with Gasteiger partial charge in [0, 0.05) is 5.56 Å². The summed E-state index contributed by atoms with van der Waals surface area (Å²) in [5.74, 6) is 0.814. The average molecular weight is 567 g/mol. The van der Waals surface area contributed by atoms with Gasteiger partial charge in [-0.15, -0.1) is 0 Å².